The number of fused-ring (bicyclic) bond motifs is 1. The van der Waals surface area contributed by atoms with Crippen LogP contribution in [0.1, 0.15) is 22.0 Å². The predicted molar refractivity (Wildman–Crippen MR) is 88.5 cm³/mol. The normalized spacial score (nSPS) is 18.3. The van der Waals surface area contributed by atoms with Gasteiger partial charge in [-0.3, -0.25) is 4.79 Å². The molecule has 2 aromatic carbocycles. The Labute approximate surface area is 137 Å². The highest BCUT2D eigenvalue weighted by Crippen LogP contribution is 2.23. The Morgan fingerprint density at radius 3 is 2.83 bits per heavy atom. The summed E-state index contributed by atoms with van der Waals surface area (Å²) in [5, 5.41) is 0. The van der Waals surface area contributed by atoms with E-state index in [-0.39, 0.29) is 12.0 Å². The summed E-state index contributed by atoms with van der Waals surface area (Å²) in [7, 11) is 0. The molecule has 0 N–H and O–H groups in total. The van der Waals surface area contributed by atoms with Crippen molar-refractivity contribution in [2.24, 2.45) is 0 Å². The fourth-order valence-corrected chi connectivity index (χ4v) is 3.32. The number of carbonyl (C=O) groups is 1. The van der Waals surface area contributed by atoms with E-state index in [1.54, 1.807) is 0 Å². The van der Waals surface area contributed by atoms with Crippen LogP contribution in [0.2, 0.25) is 0 Å². The lowest BCUT2D eigenvalue weighted by atomic mass is 10.1. The van der Waals surface area contributed by atoms with Crippen LogP contribution in [0.5, 0.6) is 0 Å². The summed E-state index contributed by atoms with van der Waals surface area (Å²) in [4.78, 5) is 14.6. The maximum atomic E-state index is 12.8. The Kier molecular flexibility index (Phi) is 3.77. The van der Waals surface area contributed by atoms with Gasteiger partial charge in [-0.15, -0.1) is 0 Å². The van der Waals surface area contributed by atoms with Gasteiger partial charge in [0.05, 0.1) is 24.9 Å². The van der Waals surface area contributed by atoms with Crippen molar-refractivity contribution < 1.29 is 9.53 Å². The number of benzene rings is 2. The van der Waals surface area contributed by atoms with Crippen molar-refractivity contribution in [1.82, 2.24) is 13.6 Å². The average Bonchev–Trinajstić information content (AvgIpc) is 3.09. The van der Waals surface area contributed by atoms with E-state index in [0.29, 0.717) is 25.3 Å². The van der Waals surface area contributed by atoms with Gasteiger partial charge in [0.1, 0.15) is 17.1 Å². The smallest absolute Gasteiger partial charge is 0.254 e. The molecule has 0 radical (unpaired) electrons. The van der Waals surface area contributed by atoms with Gasteiger partial charge < -0.3 is 9.64 Å². The second-order valence-corrected chi connectivity index (χ2v) is 6.02. The van der Waals surface area contributed by atoms with Crippen LogP contribution < -0.4 is 0 Å². The van der Waals surface area contributed by atoms with Crippen LogP contribution in [-0.4, -0.2) is 39.3 Å². The molecular formula is C17H15N3O2S. The molecule has 0 saturated carbocycles. The molecule has 0 aliphatic carbocycles. The molecule has 3 aromatic rings. The van der Waals surface area contributed by atoms with E-state index in [0.717, 1.165) is 28.3 Å². The van der Waals surface area contributed by atoms with Crippen molar-refractivity contribution in [3.63, 3.8) is 0 Å². The van der Waals surface area contributed by atoms with E-state index in [1.165, 1.54) is 0 Å². The minimum absolute atomic E-state index is 0.0177. The van der Waals surface area contributed by atoms with E-state index in [4.69, 9.17) is 4.74 Å². The number of rotatable bonds is 2. The molecule has 6 heteroatoms. The molecule has 1 fully saturated rings. The van der Waals surface area contributed by atoms with E-state index < -0.39 is 0 Å². The van der Waals surface area contributed by atoms with Gasteiger partial charge in [0, 0.05) is 12.1 Å². The molecule has 1 aromatic heterocycles. The Morgan fingerprint density at radius 2 is 1.96 bits per heavy atom. The number of aromatic nitrogens is 2. The number of hydrogen-bond acceptors (Lipinski definition) is 5. The summed E-state index contributed by atoms with van der Waals surface area (Å²) in [6.45, 7) is 1.72. The van der Waals surface area contributed by atoms with Gasteiger partial charge >= 0.3 is 0 Å². The molecule has 2 heterocycles. The van der Waals surface area contributed by atoms with Crippen molar-refractivity contribution in [2.75, 3.05) is 19.7 Å². The summed E-state index contributed by atoms with van der Waals surface area (Å²) in [5.41, 5.74) is 3.35. The average molecular weight is 325 g/mol. The Morgan fingerprint density at radius 1 is 1.13 bits per heavy atom. The highest BCUT2D eigenvalue weighted by atomic mass is 32.1. The first-order chi connectivity index (χ1) is 11.3. The highest BCUT2D eigenvalue weighted by Gasteiger charge is 2.26. The van der Waals surface area contributed by atoms with Gasteiger partial charge in [-0.1, -0.05) is 30.3 Å². The fourth-order valence-electron chi connectivity index (χ4n) is 2.80. The standard InChI is InChI=1S/C17H15N3O2S/c21-17(13-6-7-14-15(10-13)19-23-18-14)20-8-9-22-16(11-20)12-4-2-1-3-5-12/h1-7,10,16H,8-9,11H2. The number of morpholine rings is 1. The maximum absolute atomic E-state index is 12.8. The molecule has 1 aliphatic heterocycles. The third-order valence-corrected chi connectivity index (χ3v) is 4.58. The van der Waals surface area contributed by atoms with Crippen molar-refractivity contribution >= 4 is 28.7 Å². The molecule has 1 aliphatic rings. The van der Waals surface area contributed by atoms with Gasteiger partial charge in [-0.05, 0) is 23.8 Å². The largest absolute Gasteiger partial charge is 0.370 e. The van der Waals surface area contributed by atoms with Crippen LogP contribution in [0.25, 0.3) is 11.0 Å². The molecule has 116 valence electrons. The molecule has 0 spiro atoms. The molecule has 5 nitrogen and oxygen atoms in total. The van der Waals surface area contributed by atoms with Gasteiger partial charge in [-0.25, -0.2) is 0 Å². The summed E-state index contributed by atoms with van der Waals surface area (Å²) in [6, 6.07) is 15.5. The van der Waals surface area contributed by atoms with Gasteiger partial charge in [-0.2, -0.15) is 8.75 Å². The van der Waals surface area contributed by atoms with Crippen LogP contribution >= 0.6 is 11.7 Å². The van der Waals surface area contributed by atoms with E-state index in [1.807, 2.05) is 53.4 Å². The van der Waals surface area contributed by atoms with E-state index in [2.05, 4.69) is 8.75 Å². The summed E-state index contributed by atoms with van der Waals surface area (Å²) >= 11 is 1.16. The summed E-state index contributed by atoms with van der Waals surface area (Å²) in [5.74, 6) is 0.0177. The summed E-state index contributed by atoms with van der Waals surface area (Å²) < 4.78 is 14.2. The minimum atomic E-state index is -0.0708. The second-order valence-electron chi connectivity index (χ2n) is 5.49. The maximum Gasteiger partial charge on any atom is 0.254 e. The monoisotopic (exact) mass is 325 g/mol. The SMILES string of the molecule is O=C(c1ccc2nsnc2c1)N1CCOC(c2ccccc2)C1. The molecule has 1 atom stereocenters. The molecule has 0 bridgehead atoms. The Bertz CT molecular complexity index is 834. The first kappa shape index (κ1) is 14.3. The van der Waals surface area contributed by atoms with E-state index >= 15 is 0 Å². The first-order valence-corrected chi connectivity index (χ1v) is 8.22. The number of hydrogen-bond donors (Lipinski definition) is 0. The Balaban J connectivity index is 1.55. The van der Waals surface area contributed by atoms with Crippen molar-refractivity contribution in [2.45, 2.75) is 6.10 Å². The lowest BCUT2D eigenvalue weighted by Gasteiger charge is -2.33. The topological polar surface area (TPSA) is 55.3 Å². The predicted octanol–water partition coefficient (Wildman–Crippen LogP) is 2.91. The first-order valence-electron chi connectivity index (χ1n) is 7.49. The highest BCUT2D eigenvalue weighted by molar-refractivity contribution is 7.00. The molecule has 1 amide bonds. The molecule has 23 heavy (non-hydrogen) atoms. The lowest BCUT2D eigenvalue weighted by molar-refractivity contribution is -0.0228. The second kappa shape index (κ2) is 6.06. The minimum Gasteiger partial charge on any atom is -0.370 e. The van der Waals surface area contributed by atoms with Gasteiger partial charge in [0.15, 0.2) is 0 Å². The lowest BCUT2D eigenvalue weighted by Crippen LogP contribution is -2.42. The molecule has 4 rings (SSSR count). The number of amides is 1. The van der Waals surface area contributed by atoms with Crippen LogP contribution in [0, 0.1) is 0 Å². The Hall–Kier alpha value is -2.31. The van der Waals surface area contributed by atoms with Crippen molar-refractivity contribution in [3.8, 4) is 0 Å². The van der Waals surface area contributed by atoms with Crippen LogP contribution in [-0.2, 0) is 4.74 Å². The van der Waals surface area contributed by atoms with Gasteiger partial charge in [0.25, 0.3) is 5.91 Å². The third-order valence-electron chi connectivity index (χ3n) is 4.03. The molecule has 1 saturated heterocycles. The third kappa shape index (κ3) is 2.83. The molecular weight excluding hydrogens is 310 g/mol. The van der Waals surface area contributed by atoms with Crippen LogP contribution in [0.15, 0.2) is 48.5 Å². The number of nitrogens with zero attached hydrogens (tertiary/aromatic N) is 3. The van der Waals surface area contributed by atoms with E-state index in [9.17, 15) is 4.79 Å². The quantitative estimate of drug-likeness (QED) is 0.727. The van der Waals surface area contributed by atoms with Crippen LogP contribution in [0.3, 0.4) is 0 Å². The van der Waals surface area contributed by atoms with Crippen molar-refractivity contribution in [3.05, 3.63) is 59.7 Å². The molecule has 1 unspecified atom stereocenters. The van der Waals surface area contributed by atoms with Crippen LogP contribution in [0.4, 0.5) is 0 Å². The number of carbonyl (C=O) groups excluding carboxylic acids is 1. The zero-order valence-electron chi connectivity index (χ0n) is 12.4. The van der Waals surface area contributed by atoms with Crippen molar-refractivity contribution in [1.29, 1.82) is 0 Å². The number of ether oxygens (including phenoxy) is 1. The zero-order chi connectivity index (χ0) is 15.6. The summed E-state index contributed by atoms with van der Waals surface area (Å²) in [6.07, 6.45) is -0.0708. The zero-order valence-corrected chi connectivity index (χ0v) is 13.2. The van der Waals surface area contributed by atoms with Gasteiger partial charge in [0.2, 0.25) is 0 Å². The fraction of sp³-hybridized carbons (Fsp3) is 0.235.